The van der Waals surface area contributed by atoms with Crippen molar-refractivity contribution in [2.75, 3.05) is 11.5 Å². The number of nitrogens with zero attached hydrogens (tertiary/aromatic N) is 1. The quantitative estimate of drug-likeness (QED) is 0.799. The minimum atomic E-state index is -1.18. The first kappa shape index (κ1) is 14.6. The highest BCUT2D eigenvalue weighted by Crippen LogP contribution is 2.28. The Morgan fingerprint density at radius 1 is 1.32 bits per heavy atom. The van der Waals surface area contributed by atoms with Crippen molar-refractivity contribution in [2.24, 2.45) is 0 Å². The summed E-state index contributed by atoms with van der Waals surface area (Å²) in [6, 6.07) is 11.1. The molecule has 0 spiro atoms. The van der Waals surface area contributed by atoms with Gasteiger partial charge in [-0.3, -0.25) is 9.89 Å². The minimum Gasteiger partial charge on any atom is -0.479 e. The molecule has 2 heterocycles. The summed E-state index contributed by atoms with van der Waals surface area (Å²) < 4.78 is 0. The van der Waals surface area contributed by atoms with E-state index < -0.39 is 17.4 Å². The molecule has 1 unspecified atom stereocenters. The van der Waals surface area contributed by atoms with Gasteiger partial charge in [0.15, 0.2) is 0 Å². The topological polar surface area (TPSA) is 95.1 Å². The van der Waals surface area contributed by atoms with Gasteiger partial charge in [-0.1, -0.05) is 30.3 Å². The predicted molar refractivity (Wildman–Crippen MR) is 83.8 cm³/mol. The lowest BCUT2D eigenvalue weighted by atomic mass is 9.99. The summed E-state index contributed by atoms with van der Waals surface area (Å²) in [7, 11) is 0. The second-order valence-electron chi connectivity index (χ2n) is 5.18. The summed E-state index contributed by atoms with van der Waals surface area (Å²) in [4.78, 5) is 23.8. The van der Waals surface area contributed by atoms with Gasteiger partial charge in [0.05, 0.1) is 5.69 Å². The number of aliphatic carboxylic acids is 1. The molecule has 7 heteroatoms. The first-order chi connectivity index (χ1) is 10.6. The predicted octanol–water partition coefficient (Wildman–Crippen LogP) is 1.77. The molecule has 2 aromatic rings. The van der Waals surface area contributed by atoms with Crippen LogP contribution in [0.15, 0.2) is 36.4 Å². The number of thioether (sulfide) groups is 1. The Morgan fingerprint density at radius 2 is 2.09 bits per heavy atom. The number of aromatic nitrogens is 2. The van der Waals surface area contributed by atoms with E-state index in [4.69, 9.17) is 0 Å². The molecular formula is C15H15N3O3S. The van der Waals surface area contributed by atoms with Crippen molar-refractivity contribution in [1.29, 1.82) is 0 Å². The van der Waals surface area contributed by atoms with Crippen LogP contribution >= 0.6 is 11.8 Å². The van der Waals surface area contributed by atoms with Crippen LogP contribution in [0.4, 0.5) is 0 Å². The Morgan fingerprint density at radius 3 is 2.73 bits per heavy atom. The van der Waals surface area contributed by atoms with Crippen LogP contribution in [-0.4, -0.2) is 44.2 Å². The van der Waals surface area contributed by atoms with Crippen LogP contribution in [0.3, 0.4) is 0 Å². The summed E-state index contributed by atoms with van der Waals surface area (Å²) in [5, 5.41) is 18.8. The average Bonchev–Trinajstić information content (AvgIpc) is 3.18. The number of nitrogens with one attached hydrogen (secondary N) is 2. The number of carboxylic acid groups (broad SMARTS) is 1. The van der Waals surface area contributed by atoms with Crippen LogP contribution in [0.25, 0.3) is 11.3 Å². The number of carbonyl (C=O) groups excluding carboxylic acids is 1. The molecule has 1 saturated heterocycles. The number of carbonyl (C=O) groups is 2. The highest BCUT2D eigenvalue weighted by atomic mass is 32.2. The van der Waals surface area contributed by atoms with Crippen LogP contribution in [0.2, 0.25) is 0 Å². The first-order valence-corrected chi connectivity index (χ1v) is 8.01. The molecule has 6 nitrogen and oxygen atoms in total. The van der Waals surface area contributed by atoms with Gasteiger partial charge in [-0.05, 0) is 18.2 Å². The Labute approximate surface area is 131 Å². The lowest BCUT2D eigenvalue weighted by Gasteiger charge is -2.23. The van der Waals surface area contributed by atoms with Gasteiger partial charge in [0.2, 0.25) is 0 Å². The molecule has 3 N–H and O–H groups in total. The monoisotopic (exact) mass is 317 g/mol. The standard InChI is InChI=1S/C15H15N3O3S/c19-13(16-15(14(20)21)6-7-22-9-15)12-8-11(17-18-12)10-4-2-1-3-5-10/h1-5,8H,6-7,9H2,(H,16,19)(H,17,18)(H,20,21). The zero-order valence-electron chi connectivity index (χ0n) is 11.7. The maximum absolute atomic E-state index is 12.3. The van der Waals surface area contributed by atoms with Gasteiger partial charge in [-0.25, -0.2) is 4.79 Å². The number of hydrogen-bond acceptors (Lipinski definition) is 4. The maximum Gasteiger partial charge on any atom is 0.330 e. The Bertz CT molecular complexity index is 693. The van der Waals surface area contributed by atoms with Gasteiger partial charge >= 0.3 is 5.97 Å². The van der Waals surface area contributed by atoms with Crippen LogP contribution in [0.5, 0.6) is 0 Å². The molecule has 1 aromatic carbocycles. The zero-order chi connectivity index (χ0) is 15.6. The number of hydrogen-bond donors (Lipinski definition) is 3. The van der Waals surface area contributed by atoms with Crippen molar-refractivity contribution in [2.45, 2.75) is 12.0 Å². The highest BCUT2D eigenvalue weighted by Gasteiger charge is 2.43. The molecular weight excluding hydrogens is 302 g/mol. The third-order valence-electron chi connectivity index (χ3n) is 3.68. The van der Waals surface area contributed by atoms with E-state index in [1.54, 1.807) is 6.07 Å². The Balaban J connectivity index is 1.79. The fourth-order valence-corrected chi connectivity index (χ4v) is 3.69. The molecule has 0 radical (unpaired) electrons. The molecule has 1 aromatic heterocycles. The van der Waals surface area contributed by atoms with Crippen molar-refractivity contribution in [1.82, 2.24) is 15.5 Å². The van der Waals surface area contributed by atoms with Gasteiger partial charge in [0.25, 0.3) is 5.91 Å². The van der Waals surface area contributed by atoms with E-state index in [0.29, 0.717) is 17.9 Å². The van der Waals surface area contributed by atoms with E-state index in [2.05, 4.69) is 15.5 Å². The third-order valence-corrected chi connectivity index (χ3v) is 4.87. The van der Waals surface area contributed by atoms with Gasteiger partial charge in [-0.15, -0.1) is 0 Å². The van der Waals surface area contributed by atoms with E-state index in [0.717, 1.165) is 11.3 Å². The largest absolute Gasteiger partial charge is 0.479 e. The van der Waals surface area contributed by atoms with Gasteiger partial charge in [-0.2, -0.15) is 16.9 Å². The van der Waals surface area contributed by atoms with Gasteiger partial charge in [0, 0.05) is 11.3 Å². The molecule has 0 saturated carbocycles. The minimum absolute atomic E-state index is 0.261. The zero-order valence-corrected chi connectivity index (χ0v) is 12.5. The number of benzene rings is 1. The molecule has 0 aliphatic carbocycles. The van der Waals surface area contributed by atoms with Crippen molar-refractivity contribution in [3.8, 4) is 11.3 Å². The van der Waals surface area contributed by atoms with Crippen molar-refractivity contribution in [3.05, 3.63) is 42.1 Å². The Hall–Kier alpha value is -2.28. The summed E-state index contributed by atoms with van der Waals surface area (Å²) in [6.07, 6.45) is 0.429. The second-order valence-corrected chi connectivity index (χ2v) is 6.28. The van der Waals surface area contributed by atoms with Crippen LogP contribution in [0, 0.1) is 0 Å². The SMILES string of the molecule is O=C(NC1(C(=O)O)CCSC1)c1cc(-c2ccccc2)n[nH]1. The molecule has 3 rings (SSSR count). The van der Waals surface area contributed by atoms with Crippen LogP contribution < -0.4 is 5.32 Å². The van der Waals surface area contributed by atoms with E-state index >= 15 is 0 Å². The molecule has 1 amide bonds. The number of H-pyrrole nitrogens is 1. The lowest BCUT2D eigenvalue weighted by Crippen LogP contribution is -2.54. The van der Waals surface area contributed by atoms with Crippen LogP contribution in [0.1, 0.15) is 16.9 Å². The molecule has 1 aliphatic rings. The number of rotatable bonds is 4. The maximum atomic E-state index is 12.3. The van der Waals surface area contributed by atoms with E-state index in [1.807, 2.05) is 30.3 Å². The average molecular weight is 317 g/mol. The normalized spacial score (nSPS) is 20.7. The number of carboxylic acids is 1. The van der Waals surface area contributed by atoms with Gasteiger partial charge in [0.1, 0.15) is 11.2 Å². The van der Waals surface area contributed by atoms with Gasteiger partial charge < -0.3 is 10.4 Å². The highest BCUT2D eigenvalue weighted by molar-refractivity contribution is 7.99. The summed E-state index contributed by atoms with van der Waals surface area (Å²) in [5.41, 5.74) is 0.620. The smallest absolute Gasteiger partial charge is 0.330 e. The molecule has 114 valence electrons. The van der Waals surface area contributed by atoms with E-state index in [-0.39, 0.29) is 5.69 Å². The molecule has 22 heavy (non-hydrogen) atoms. The molecule has 1 aliphatic heterocycles. The molecule has 1 fully saturated rings. The lowest BCUT2D eigenvalue weighted by molar-refractivity contribution is -0.143. The summed E-state index contributed by atoms with van der Waals surface area (Å²) >= 11 is 1.53. The summed E-state index contributed by atoms with van der Waals surface area (Å²) in [6.45, 7) is 0. The number of amides is 1. The number of aromatic amines is 1. The summed E-state index contributed by atoms with van der Waals surface area (Å²) in [5.74, 6) is -0.327. The van der Waals surface area contributed by atoms with Crippen molar-refractivity contribution in [3.63, 3.8) is 0 Å². The van der Waals surface area contributed by atoms with Crippen LogP contribution in [-0.2, 0) is 4.79 Å². The molecule has 1 atom stereocenters. The second kappa shape index (κ2) is 5.84. The van der Waals surface area contributed by atoms with E-state index in [9.17, 15) is 14.7 Å². The fraction of sp³-hybridized carbons (Fsp3) is 0.267. The molecule has 0 bridgehead atoms. The Kier molecular flexibility index (Phi) is 3.89. The third kappa shape index (κ3) is 2.71. The van der Waals surface area contributed by atoms with Crippen molar-refractivity contribution >= 4 is 23.6 Å². The van der Waals surface area contributed by atoms with Crippen molar-refractivity contribution < 1.29 is 14.7 Å². The first-order valence-electron chi connectivity index (χ1n) is 6.85. The fourth-order valence-electron chi connectivity index (χ4n) is 2.37. The van der Waals surface area contributed by atoms with E-state index in [1.165, 1.54) is 11.8 Å².